The van der Waals surface area contributed by atoms with Gasteiger partial charge in [0.05, 0.1) is 23.9 Å². The molecule has 1 aliphatic heterocycles. The fourth-order valence-corrected chi connectivity index (χ4v) is 3.53. The highest BCUT2D eigenvalue weighted by Crippen LogP contribution is 2.42. The molecule has 2 aromatic rings. The van der Waals surface area contributed by atoms with Crippen LogP contribution in [0.25, 0.3) is 0 Å². The summed E-state index contributed by atoms with van der Waals surface area (Å²) in [7, 11) is 0. The third-order valence-electron chi connectivity index (χ3n) is 5.00. The van der Waals surface area contributed by atoms with Gasteiger partial charge in [-0.1, -0.05) is 37.2 Å². The number of alkyl halides is 3. The average Bonchev–Trinajstić information content (AvgIpc) is 2.79. The van der Waals surface area contributed by atoms with Crippen LogP contribution in [0.15, 0.2) is 48.5 Å². The number of carbonyl (C=O) groups excluding carboxylic acids is 2. The summed E-state index contributed by atoms with van der Waals surface area (Å²) in [6, 6.07) is 8.70. The van der Waals surface area contributed by atoms with Gasteiger partial charge in [0, 0.05) is 14.3 Å². The number of nitrogens with one attached hydrogen (secondary N) is 1. The smallest absolute Gasteiger partial charge is 0.416 e. The van der Waals surface area contributed by atoms with Gasteiger partial charge in [0.1, 0.15) is 6.61 Å². The second kappa shape index (κ2) is 9.93. The second-order valence-corrected chi connectivity index (χ2v) is 7.05. The highest BCUT2D eigenvalue weighted by molar-refractivity contribution is 5.90. The normalized spacial score (nSPS) is 21.5. The number of rotatable bonds is 5. The standard InChI is InChI=1S/C23H25F3N2O4/c1-3-17-13-19(27-21(29)32-14-15-8-6-5-7-9-15)18-12-16(23(24,25)26)10-11-20(18)28(17)22(30)31-4-2/h5-12,17,19H,3-4,13-14H2,1-2H3,(H,27,29)/t17-,19+/m1/s1/i1D3,2D3. The summed E-state index contributed by atoms with van der Waals surface area (Å²) < 4.78 is 95.3. The van der Waals surface area contributed by atoms with Crippen LogP contribution in [0.3, 0.4) is 0 Å². The zero-order valence-electron chi connectivity index (χ0n) is 22.8. The summed E-state index contributed by atoms with van der Waals surface area (Å²) in [6.45, 7) is -6.34. The summed E-state index contributed by atoms with van der Waals surface area (Å²) in [5, 5.41) is 2.47. The lowest BCUT2D eigenvalue weighted by Gasteiger charge is -2.40. The lowest BCUT2D eigenvalue weighted by molar-refractivity contribution is -0.137. The molecule has 0 spiro atoms. The van der Waals surface area contributed by atoms with Crippen molar-refractivity contribution in [3.63, 3.8) is 0 Å². The molecule has 3 rings (SSSR count). The summed E-state index contributed by atoms with van der Waals surface area (Å²) in [4.78, 5) is 26.3. The summed E-state index contributed by atoms with van der Waals surface area (Å²) >= 11 is 0. The minimum Gasteiger partial charge on any atom is -0.449 e. The molecular weight excluding hydrogens is 425 g/mol. The van der Waals surface area contributed by atoms with Gasteiger partial charge in [-0.15, -0.1) is 0 Å². The Morgan fingerprint density at radius 2 is 1.94 bits per heavy atom. The van der Waals surface area contributed by atoms with Gasteiger partial charge < -0.3 is 14.8 Å². The van der Waals surface area contributed by atoms with Gasteiger partial charge in [0.2, 0.25) is 0 Å². The Balaban J connectivity index is 1.97. The SMILES string of the molecule is [2H]C([2H])([2H])COC(=O)N1c2ccc(C(F)(F)F)cc2[C@@H](NC(=O)OCc2ccccc2)C[C@H]1CC([2H])([2H])[2H]. The predicted molar refractivity (Wildman–Crippen MR) is 112 cm³/mol. The van der Waals surface area contributed by atoms with Crippen LogP contribution in [-0.4, -0.2) is 24.8 Å². The molecule has 2 aromatic carbocycles. The minimum atomic E-state index is -4.75. The van der Waals surface area contributed by atoms with E-state index in [1.807, 2.05) is 0 Å². The van der Waals surface area contributed by atoms with Crippen molar-refractivity contribution in [1.29, 1.82) is 0 Å². The average molecular weight is 456 g/mol. The van der Waals surface area contributed by atoms with Crippen molar-refractivity contribution in [3.05, 3.63) is 65.2 Å². The van der Waals surface area contributed by atoms with E-state index in [-0.39, 0.29) is 24.3 Å². The van der Waals surface area contributed by atoms with Crippen LogP contribution in [-0.2, 0) is 22.3 Å². The predicted octanol–water partition coefficient (Wildman–Crippen LogP) is 5.82. The maximum absolute atomic E-state index is 13.5. The zero-order chi connectivity index (χ0) is 28.3. The fraction of sp³-hybridized carbons (Fsp3) is 0.391. The molecule has 0 aliphatic carbocycles. The molecule has 32 heavy (non-hydrogen) atoms. The van der Waals surface area contributed by atoms with Crippen molar-refractivity contribution in [2.75, 3.05) is 11.5 Å². The van der Waals surface area contributed by atoms with E-state index < -0.39 is 62.7 Å². The number of nitrogens with zero attached hydrogens (tertiary/aromatic N) is 1. The molecule has 9 heteroatoms. The van der Waals surface area contributed by atoms with E-state index >= 15 is 0 Å². The van der Waals surface area contributed by atoms with Crippen molar-refractivity contribution < 1.29 is 40.5 Å². The van der Waals surface area contributed by atoms with E-state index in [4.69, 9.17) is 17.7 Å². The number of hydrogen-bond donors (Lipinski definition) is 1. The van der Waals surface area contributed by atoms with E-state index in [0.717, 1.165) is 17.0 Å². The first kappa shape index (κ1) is 16.4. The molecule has 0 saturated heterocycles. The highest BCUT2D eigenvalue weighted by atomic mass is 19.4. The van der Waals surface area contributed by atoms with E-state index in [2.05, 4.69) is 5.32 Å². The van der Waals surface area contributed by atoms with Crippen molar-refractivity contribution in [1.82, 2.24) is 5.32 Å². The van der Waals surface area contributed by atoms with Gasteiger partial charge in [0.25, 0.3) is 0 Å². The van der Waals surface area contributed by atoms with Crippen molar-refractivity contribution in [2.24, 2.45) is 0 Å². The molecule has 6 nitrogen and oxygen atoms in total. The zero-order valence-corrected chi connectivity index (χ0v) is 16.8. The maximum atomic E-state index is 13.5. The van der Waals surface area contributed by atoms with Crippen LogP contribution in [0.4, 0.5) is 28.4 Å². The molecule has 2 atom stereocenters. The minimum absolute atomic E-state index is 0.124. The maximum Gasteiger partial charge on any atom is 0.416 e. The Hall–Kier alpha value is -3.23. The lowest BCUT2D eigenvalue weighted by atomic mass is 9.89. The second-order valence-electron chi connectivity index (χ2n) is 7.05. The number of hydrogen-bond acceptors (Lipinski definition) is 4. The van der Waals surface area contributed by atoms with E-state index in [9.17, 15) is 22.8 Å². The molecule has 0 bridgehead atoms. The van der Waals surface area contributed by atoms with Gasteiger partial charge >= 0.3 is 18.4 Å². The lowest BCUT2D eigenvalue weighted by Crippen LogP contribution is -2.47. The molecule has 0 aromatic heterocycles. The molecule has 172 valence electrons. The first-order chi connectivity index (χ1) is 17.5. The number of alkyl carbamates (subject to hydrolysis) is 1. The van der Waals surface area contributed by atoms with Crippen LogP contribution in [0.2, 0.25) is 0 Å². The number of halogens is 3. The Kier molecular flexibility index (Phi) is 5.09. The van der Waals surface area contributed by atoms with Gasteiger partial charge in [-0.2, -0.15) is 13.2 Å². The van der Waals surface area contributed by atoms with Crippen LogP contribution in [0.5, 0.6) is 0 Å². The molecule has 2 amide bonds. The molecule has 0 fully saturated rings. The third kappa shape index (κ3) is 5.33. The van der Waals surface area contributed by atoms with Crippen molar-refractivity contribution >= 4 is 17.9 Å². The quantitative estimate of drug-likeness (QED) is 0.616. The molecule has 0 saturated carbocycles. The van der Waals surface area contributed by atoms with E-state index in [1.54, 1.807) is 30.3 Å². The van der Waals surface area contributed by atoms with Crippen LogP contribution in [0.1, 0.15) is 57.5 Å². The van der Waals surface area contributed by atoms with Crippen LogP contribution in [0, 0.1) is 0 Å². The highest BCUT2D eigenvalue weighted by Gasteiger charge is 2.39. The third-order valence-corrected chi connectivity index (χ3v) is 5.00. The van der Waals surface area contributed by atoms with Gasteiger partial charge in [-0.3, -0.25) is 4.90 Å². The van der Waals surface area contributed by atoms with Crippen LogP contribution < -0.4 is 10.2 Å². The Labute approximate surface area is 192 Å². The van der Waals surface area contributed by atoms with Gasteiger partial charge in [-0.05, 0) is 49.0 Å². The Morgan fingerprint density at radius 3 is 2.62 bits per heavy atom. The number of benzene rings is 2. The number of amides is 2. The Morgan fingerprint density at radius 1 is 1.16 bits per heavy atom. The van der Waals surface area contributed by atoms with Gasteiger partial charge in [0.15, 0.2) is 0 Å². The summed E-state index contributed by atoms with van der Waals surface area (Å²) in [6.07, 6.45) is -7.85. The van der Waals surface area contributed by atoms with Gasteiger partial charge in [-0.25, -0.2) is 9.59 Å². The number of carbonyl (C=O) groups is 2. The van der Waals surface area contributed by atoms with Crippen molar-refractivity contribution in [2.45, 2.75) is 51.4 Å². The molecule has 1 aliphatic rings. The molecule has 1 heterocycles. The topological polar surface area (TPSA) is 67.9 Å². The summed E-state index contributed by atoms with van der Waals surface area (Å²) in [5.74, 6) is 0. The first-order valence-corrected chi connectivity index (χ1v) is 9.68. The largest absolute Gasteiger partial charge is 0.449 e. The molecule has 1 N–H and O–H groups in total. The first-order valence-electron chi connectivity index (χ1n) is 12.7. The number of ether oxygens (including phenoxy) is 2. The monoisotopic (exact) mass is 456 g/mol. The molecular formula is C23H25F3N2O4. The number of fused-ring (bicyclic) bond motifs is 1. The van der Waals surface area contributed by atoms with E-state index in [0.29, 0.717) is 11.6 Å². The fourth-order valence-electron chi connectivity index (χ4n) is 3.53. The van der Waals surface area contributed by atoms with E-state index in [1.165, 1.54) is 0 Å². The molecule has 0 unspecified atom stereocenters. The number of anilines is 1. The molecule has 0 radical (unpaired) electrons. The van der Waals surface area contributed by atoms with Crippen molar-refractivity contribution in [3.8, 4) is 0 Å². The Bertz CT molecular complexity index is 1140. The van der Waals surface area contributed by atoms with Crippen LogP contribution >= 0.6 is 0 Å². The summed E-state index contributed by atoms with van der Waals surface area (Å²) in [5.41, 5.74) is -0.688.